The van der Waals surface area contributed by atoms with Crippen LogP contribution in [0.15, 0.2) is 131 Å². The van der Waals surface area contributed by atoms with E-state index in [1.54, 1.807) is 18.2 Å². The molecule has 0 fully saturated rings. The van der Waals surface area contributed by atoms with Gasteiger partial charge in [-0.15, -0.1) is 0 Å². The van der Waals surface area contributed by atoms with Gasteiger partial charge in [0.15, 0.2) is 0 Å². The molecule has 5 heteroatoms. The number of ether oxygens (including phenoxy) is 3. The van der Waals surface area contributed by atoms with Crippen molar-refractivity contribution in [3.05, 3.63) is 137 Å². The van der Waals surface area contributed by atoms with Crippen LogP contribution in [0.25, 0.3) is 21.7 Å². The minimum absolute atomic E-state index is 0.131. The van der Waals surface area contributed by atoms with Gasteiger partial charge < -0.3 is 18.6 Å². The maximum Gasteiger partial charge on any atom is 0.235 e. The molecule has 6 rings (SSSR count). The summed E-state index contributed by atoms with van der Waals surface area (Å²) in [5.41, 5.74) is 1.13. The second kappa shape index (κ2) is 9.91. The standard InChI is InChI=1S/C32H22O5/c33-32-29-16-15-26(34-20-22-7-6-12-27(17-22)36-25-10-2-1-3-11-25)19-30(29)35-21-31(32)37-28-14-13-23-8-4-5-9-24(23)18-28/h1-19,21H,20H2. The summed E-state index contributed by atoms with van der Waals surface area (Å²) in [4.78, 5) is 13.0. The molecule has 1 aromatic heterocycles. The third-order valence-corrected chi connectivity index (χ3v) is 5.95. The molecule has 6 aromatic rings. The molecule has 0 aliphatic heterocycles. The molecule has 1 heterocycles. The van der Waals surface area contributed by atoms with Crippen LogP contribution >= 0.6 is 0 Å². The SMILES string of the molecule is O=c1c(Oc2ccc3ccccc3c2)coc2cc(OCc3cccc(Oc4ccccc4)c3)ccc12. The molecule has 0 unspecified atom stereocenters. The molecule has 0 aliphatic rings. The molecule has 0 aliphatic carbocycles. The van der Waals surface area contributed by atoms with Gasteiger partial charge >= 0.3 is 0 Å². The van der Waals surface area contributed by atoms with Gasteiger partial charge in [-0.05, 0) is 64.9 Å². The topological polar surface area (TPSA) is 57.9 Å². The third kappa shape index (κ3) is 5.02. The second-order valence-corrected chi connectivity index (χ2v) is 8.55. The van der Waals surface area contributed by atoms with Crippen molar-refractivity contribution in [3.8, 4) is 28.7 Å². The molecule has 5 aromatic carbocycles. The van der Waals surface area contributed by atoms with Crippen molar-refractivity contribution in [3.63, 3.8) is 0 Å². The molecule has 0 N–H and O–H groups in total. The van der Waals surface area contributed by atoms with Crippen molar-refractivity contribution < 1.29 is 18.6 Å². The van der Waals surface area contributed by atoms with Crippen molar-refractivity contribution in [1.82, 2.24) is 0 Å². The van der Waals surface area contributed by atoms with Crippen molar-refractivity contribution >= 4 is 21.7 Å². The number of benzene rings is 5. The number of para-hydroxylation sites is 1. The average Bonchev–Trinajstić information content (AvgIpc) is 2.94. The van der Waals surface area contributed by atoms with Crippen LogP contribution in [-0.2, 0) is 6.61 Å². The molecule has 180 valence electrons. The highest BCUT2D eigenvalue weighted by atomic mass is 16.5. The van der Waals surface area contributed by atoms with E-state index < -0.39 is 0 Å². The molecular weight excluding hydrogens is 464 g/mol. The van der Waals surface area contributed by atoms with Gasteiger partial charge in [-0.2, -0.15) is 0 Å². The molecule has 0 amide bonds. The normalized spacial score (nSPS) is 10.9. The molecule has 0 bridgehead atoms. The van der Waals surface area contributed by atoms with Gasteiger partial charge in [-0.25, -0.2) is 0 Å². The first-order valence-corrected chi connectivity index (χ1v) is 11.9. The van der Waals surface area contributed by atoms with E-state index in [0.717, 1.165) is 27.8 Å². The fourth-order valence-electron chi connectivity index (χ4n) is 4.10. The molecule has 0 atom stereocenters. The summed E-state index contributed by atoms with van der Waals surface area (Å²) < 4.78 is 23.5. The summed E-state index contributed by atoms with van der Waals surface area (Å²) >= 11 is 0. The Bertz CT molecular complexity index is 1760. The molecular formula is C32H22O5. The Morgan fingerprint density at radius 3 is 2.24 bits per heavy atom. The maximum atomic E-state index is 13.0. The summed E-state index contributed by atoms with van der Waals surface area (Å²) in [7, 11) is 0. The van der Waals surface area contributed by atoms with Crippen LogP contribution in [0.2, 0.25) is 0 Å². The lowest BCUT2D eigenvalue weighted by Crippen LogP contribution is -2.05. The van der Waals surface area contributed by atoms with Crippen LogP contribution in [0.1, 0.15) is 5.56 Å². The Hall–Kier alpha value is -5.03. The van der Waals surface area contributed by atoms with Gasteiger partial charge in [0.2, 0.25) is 11.2 Å². The zero-order valence-corrected chi connectivity index (χ0v) is 19.8. The maximum absolute atomic E-state index is 13.0. The van der Waals surface area contributed by atoms with Crippen molar-refractivity contribution in [2.45, 2.75) is 6.61 Å². The predicted octanol–water partition coefficient (Wildman–Crippen LogP) is 8.11. The van der Waals surface area contributed by atoms with E-state index >= 15 is 0 Å². The Morgan fingerprint density at radius 2 is 1.35 bits per heavy atom. The Morgan fingerprint density at radius 1 is 0.595 bits per heavy atom. The highest BCUT2D eigenvalue weighted by molar-refractivity contribution is 5.84. The molecule has 37 heavy (non-hydrogen) atoms. The van der Waals surface area contributed by atoms with Crippen LogP contribution < -0.4 is 19.6 Å². The molecule has 5 nitrogen and oxygen atoms in total. The van der Waals surface area contributed by atoms with E-state index in [9.17, 15) is 4.79 Å². The minimum atomic E-state index is -0.244. The molecule has 0 radical (unpaired) electrons. The van der Waals surface area contributed by atoms with Crippen molar-refractivity contribution in [2.24, 2.45) is 0 Å². The average molecular weight is 487 g/mol. The number of rotatable bonds is 7. The van der Waals surface area contributed by atoms with Crippen LogP contribution in [0.5, 0.6) is 28.7 Å². The highest BCUT2D eigenvalue weighted by Crippen LogP contribution is 2.27. The van der Waals surface area contributed by atoms with E-state index in [0.29, 0.717) is 29.1 Å². The van der Waals surface area contributed by atoms with Gasteiger partial charge in [-0.3, -0.25) is 4.79 Å². The van der Waals surface area contributed by atoms with Crippen molar-refractivity contribution in [2.75, 3.05) is 0 Å². The van der Waals surface area contributed by atoms with E-state index in [1.807, 2.05) is 97.1 Å². The Balaban J connectivity index is 1.17. The summed E-state index contributed by atoms with van der Waals surface area (Å²) in [6.07, 6.45) is 1.34. The number of hydrogen-bond acceptors (Lipinski definition) is 5. The lowest BCUT2D eigenvalue weighted by Gasteiger charge is -2.10. The zero-order valence-electron chi connectivity index (χ0n) is 19.8. The number of hydrogen-bond donors (Lipinski definition) is 0. The minimum Gasteiger partial charge on any atom is -0.489 e. The van der Waals surface area contributed by atoms with Gasteiger partial charge in [0.05, 0.1) is 5.39 Å². The molecule has 0 saturated carbocycles. The van der Waals surface area contributed by atoms with E-state index in [-0.39, 0.29) is 11.2 Å². The van der Waals surface area contributed by atoms with Gasteiger partial charge in [0.25, 0.3) is 0 Å². The zero-order chi connectivity index (χ0) is 25.0. The fraction of sp³-hybridized carbons (Fsp3) is 0.0312. The van der Waals surface area contributed by atoms with E-state index in [2.05, 4.69) is 0 Å². The monoisotopic (exact) mass is 486 g/mol. The van der Waals surface area contributed by atoms with Gasteiger partial charge in [0, 0.05) is 6.07 Å². The summed E-state index contributed by atoms with van der Waals surface area (Å²) in [6, 6.07) is 36.2. The first kappa shape index (κ1) is 22.4. The highest BCUT2D eigenvalue weighted by Gasteiger charge is 2.11. The smallest absolute Gasteiger partial charge is 0.235 e. The first-order chi connectivity index (χ1) is 18.2. The van der Waals surface area contributed by atoms with Crippen molar-refractivity contribution in [1.29, 1.82) is 0 Å². The van der Waals surface area contributed by atoms with Gasteiger partial charge in [-0.1, -0.05) is 60.7 Å². The summed E-state index contributed by atoms with van der Waals surface area (Å²) in [6.45, 7) is 0.338. The molecule has 0 saturated heterocycles. The van der Waals surface area contributed by atoms with E-state index in [1.165, 1.54) is 6.26 Å². The lowest BCUT2D eigenvalue weighted by atomic mass is 10.1. The second-order valence-electron chi connectivity index (χ2n) is 8.55. The quantitative estimate of drug-likeness (QED) is 0.228. The third-order valence-electron chi connectivity index (χ3n) is 5.95. The van der Waals surface area contributed by atoms with Crippen LogP contribution in [-0.4, -0.2) is 0 Å². The Kier molecular flexibility index (Phi) is 6.01. The summed E-state index contributed by atoms with van der Waals surface area (Å²) in [5, 5.41) is 2.55. The first-order valence-electron chi connectivity index (χ1n) is 11.9. The number of fused-ring (bicyclic) bond motifs is 2. The summed E-state index contributed by atoms with van der Waals surface area (Å²) in [5.74, 6) is 2.80. The van der Waals surface area contributed by atoms with Gasteiger partial charge in [0.1, 0.15) is 41.5 Å². The largest absolute Gasteiger partial charge is 0.489 e. The molecule has 0 spiro atoms. The van der Waals surface area contributed by atoms with Crippen LogP contribution in [0.4, 0.5) is 0 Å². The van der Waals surface area contributed by atoms with E-state index in [4.69, 9.17) is 18.6 Å². The van der Waals surface area contributed by atoms with Crippen LogP contribution in [0.3, 0.4) is 0 Å². The fourth-order valence-corrected chi connectivity index (χ4v) is 4.10. The lowest BCUT2D eigenvalue weighted by molar-refractivity contribution is 0.305. The predicted molar refractivity (Wildman–Crippen MR) is 144 cm³/mol. The Labute approximate surface area is 213 Å². The van der Waals surface area contributed by atoms with Crippen LogP contribution in [0, 0.1) is 0 Å².